The van der Waals surface area contributed by atoms with Crippen molar-refractivity contribution in [2.75, 3.05) is 0 Å². The van der Waals surface area contributed by atoms with Crippen molar-refractivity contribution < 1.29 is 18.3 Å². The third kappa shape index (κ3) is 3.34. The number of carboxylic acids is 1. The van der Waals surface area contributed by atoms with Crippen molar-refractivity contribution in [3.8, 4) is 0 Å². The second kappa shape index (κ2) is 5.60. The van der Waals surface area contributed by atoms with Crippen LogP contribution in [0.1, 0.15) is 42.3 Å². The highest BCUT2D eigenvalue weighted by atomic mass is 32.2. The van der Waals surface area contributed by atoms with Crippen LogP contribution >= 0.6 is 11.3 Å². The topological polar surface area (TPSA) is 83.5 Å². The molecule has 0 bridgehead atoms. The van der Waals surface area contributed by atoms with Gasteiger partial charge in [0.1, 0.15) is 4.88 Å². The van der Waals surface area contributed by atoms with Gasteiger partial charge in [-0.1, -0.05) is 12.8 Å². The van der Waals surface area contributed by atoms with Gasteiger partial charge in [-0.2, -0.15) is 0 Å². The molecule has 0 spiro atoms. The number of carboxylic acid groups (broad SMARTS) is 1. The first-order valence-corrected chi connectivity index (χ1v) is 8.60. The van der Waals surface area contributed by atoms with E-state index in [-0.39, 0.29) is 15.8 Å². The minimum Gasteiger partial charge on any atom is -0.477 e. The zero-order valence-electron chi connectivity index (χ0n) is 10.6. The summed E-state index contributed by atoms with van der Waals surface area (Å²) in [6.45, 7) is 1.87. The predicted octanol–water partition coefficient (Wildman–Crippen LogP) is 2.30. The van der Waals surface area contributed by atoms with Gasteiger partial charge in [0.2, 0.25) is 10.0 Å². The van der Waals surface area contributed by atoms with Gasteiger partial charge < -0.3 is 5.11 Å². The van der Waals surface area contributed by atoms with Crippen LogP contribution in [0.2, 0.25) is 0 Å². The number of rotatable bonds is 5. The molecule has 1 aromatic heterocycles. The van der Waals surface area contributed by atoms with E-state index in [1.807, 2.05) is 6.92 Å². The molecule has 2 N–H and O–H groups in total. The quantitative estimate of drug-likeness (QED) is 0.874. The van der Waals surface area contributed by atoms with Gasteiger partial charge in [0, 0.05) is 11.4 Å². The van der Waals surface area contributed by atoms with Crippen LogP contribution in [-0.2, 0) is 10.0 Å². The van der Waals surface area contributed by atoms with Crippen molar-refractivity contribution in [2.45, 2.75) is 43.5 Å². The Balaban J connectivity index is 2.10. The molecule has 1 aromatic rings. The van der Waals surface area contributed by atoms with E-state index in [1.54, 1.807) is 0 Å². The number of carbonyl (C=O) groups is 1. The first-order valence-electron chi connectivity index (χ1n) is 6.24. The molecule has 1 saturated carbocycles. The second-order valence-corrected chi connectivity index (χ2v) is 7.53. The monoisotopic (exact) mass is 303 g/mol. The zero-order valence-corrected chi connectivity index (χ0v) is 12.3. The van der Waals surface area contributed by atoms with Crippen LogP contribution in [0, 0.1) is 5.92 Å². The van der Waals surface area contributed by atoms with Gasteiger partial charge in [0.15, 0.2) is 0 Å². The van der Waals surface area contributed by atoms with E-state index in [0.29, 0.717) is 5.92 Å². The van der Waals surface area contributed by atoms with Gasteiger partial charge in [0.25, 0.3) is 0 Å². The Morgan fingerprint density at radius 2 is 2.11 bits per heavy atom. The number of nitrogens with one attached hydrogen (secondary N) is 1. The molecule has 2 rings (SSSR count). The molecule has 1 fully saturated rings. The van der Waals surface area contributed by atoms with E-state index in [9.17, 15) is 13.2 Å². The van der Waals surface area contributed by atoms with E-state index in [1.165, 1.54) is 11.4 Å². The lowest BCUT2D eigenvalue weighted by molar-refractivity contribution is 0.0702. The van der Waals surface area contributed by atoms with Crippen LogP contribution in [0.5, 0.6) is 0 Å². The van der Waals surface area contributed by atoms with Gasteiger partial charge in [-0.15, -0.1) is 11.3 Å². The average Bonchev–Trinajstić information content (AvgIpc) is 3.00. The first kappa shape index (κ1) is 14.5. The highest BCUT2D eigenvalue weighted by molar-refractivity contribution is 7.89. The molecule has 0 aliphatic heterocycles. The summed E-state index contributed by atoms with van der Waals surface area (Å²) < 4.78 is 26.9. The third-order valence-electron chi connectivity index (χ3n) is 3.54. The Bertz CT molecular complexity index is 558. The third-order valence-corrected chi connectivity index (χ3v) is 6.15. The molecule has 1 aliphatic carbocycles. The Hall–Kier alpha value is -0.920. The summed E-state index contributed by atoms with van der Waals surface area (Å²) in [5.74, 6) is -0.720. The fraction of sp³-hybridized carbons (Fsp3) is 0.583. The van der Waals surface area contributed by atoms with Crippen molar-refractivity contribution in [3.63, 3.8) is 0 Å². The molecule has 5 nitrogen and oxygen atoms in total. The van der Waals surface area contributed by atoms with Crippen LogP contribution in [0.15, 0.2) is 16.3 Å². The zero-order chi connectivity index (χ0) is 14.0. The van der Waals surface area contributed by atoms with Gasteiger partial charge in [0.05, 0.1) is 4.90 Å². The molecule has 0 saturated heterocycles. The summed E-state index contributed by atoms with van der Waals surface area (Å²) in [6.07, 6.45) is 4.40. The van der Waals surface area contributed by atoms with Crippen LogP contribution in [-0.4, -0.2) is 25.5 Å². The molecule has 19 heavy (non-hydrogen) atoms. The smallest absolute Gasteiger partial charge is 0.345 e. The highest BCUT2D eigenvalue weighted by Gasteiger charge is 2.27. The lowest BCUT2D eigenvalue weighted by Gasteiger charge is -2.19. The minimum absolute atomic E-state index is 0.0360. The lowest BCUT2D eigenvalue weighted by Crippen LogP contribution is -2.37. The largest absolute Gasteiger partial charge is 0.477 e. The second-order valence-electron chi connectivity index (χ2n) is 4.91. The molecule has 1 aliphatic rings. The number of aromatic carboxylic acids is 1. The van der Waals surface area contributed by atoms with Gasteiger partial charge in [-0.25, -0.2) is 17.9 Å². The van der Waals surface area contributed by atoms with Crippen molar-refractivity contribution in [1.29, 1.82) is 0 Å². The number of hydrogen-bond donors (Lipinski definition) is 2. The van der Waals surface area contributed by atoms with E-state index in [4.69, 9.17) is 5.11 Å². The Morgan fingerprint density at radius 3 is 2.63 bits per heavy atom. The van der Waals surface area contributed by atoms with Crippen LogP contribution in [0.4, 0.5) is 0 Å². The van der Waals surface area contributed by atoms with Crippen LogP contribution < -0.4 is 4.72 Å². The summed E-state index contributed by atoms with van der Waals surface area (Å²) in [6, 6.07) is 1.09. The van der Waals surface area contributed by atoms with E-state index >= 15 is 0 Å². The molecule has 1 atom stereocenters. The maximum Gasteiger partial charge on any atom is 0.345 e. The molecule has 7 heteroatoms. The van der Waals surface area contributed by atoms with E-state index < -0.39 is 16.0 Å². The fourth-order valence-corrected chi connectivity index (χ4v) is 4.86. The fourth-order valence-electron chi connectivity index (χ4n) is 2.44. The molecule has 1 unspecified atom stereocenters. The van der Waals surface area contributed by atoms with Crippen LogP contribution in [0.25, 0.3) is 0 Å². The minimum atomic E-state index is -3.61. The summed E-state index contributed by atoms with van der Waals surface area (Å²) in [7, 11) is -3.61. The van der Waals surface area contributed by atoms with Gasteiger partial charge in [-0.3, -0.25) is 0 Å². The summed E-state index contributed by atoms with van der Waals surface area (Å²) in [5.41, 5.74) is 0. The lowest BCUT2D eigenvalue weighted by atomic mass is 10.0. The maximum absolute atomic E-state index is 12.1. The molecule has 106 valence electrons. The average molecular weight is 303 g/mol. The highest BCUT2D eigenvalue weighted by Crippen LogP contribution is 2.28. The van der Waals surface area contributed by atoms with Crippen molar-refractivity contribution in [3.05, 3.63) is 16.3 Å². The van der Waals surface area contributed by atoms with Crippen molar-refractivity contribution >= 4 is 27.3 Å². The molecule has 1 heterocycles. The van der Waals surface area contributed by atoms with E-state index in [0.717, 1.165) is 37.0 Å². The van der Waals surface area contributed by atoms with Gasteiger partial charge in [-0.05, 0) is 31.7 Å². The van der Waals surface area contributed by atoms with Crippen molar-refractivity contribution in [1.82, 2.24) is 4.72 Å². The Morgan fingerprint density at radius 1 is 1.47 bits per heavy atom. The summed E-state index contributed by atoms with van der Waals surface area (Å²) in [4.78, 5) is 10.8. The summed E-state index contributed by atoms with van der Waals surface area (Å²) in [5, 5.41) is 10.2. The number of hydrogen-bond acceptors (Lipinski definition) is 4. The molecule has 0 radical (unpaired) electrons. The Kier molecular flexibility index (Phi) is 4.27. The van der Waals surface area contributed by atoms with E-state index in [2.05, 4.69) is 4.72 Å². The van der Waals surface area contributed by atoms with Crippen LogP contribution in [0.3, 0.4) is 0 Å². The molecular formula is C12H17NO4S2. The number of sulfonamides is 1. The summed E-state index contributed by atoms with van der Waals surface area (Å²) >= 11 is 0.925. The standard InChI is InChI=1S/C12H17NO4S2/c1-8(9-4-2-3-5-9)13-19(16,17)10-6-11(12(14)15)18-7-10/h6-9,13H,2-5H2,1H3,(H,14,15). The predicted molar refractivity (Wildman–Crippen MR) is 73.0 cm³/mol. The van der Waals surface area contributed by atoms with Crippen molar-refractivity contribution in [2.24, 2.45) is 5.92 Å². The first-order chi connectivity index (χ1) is 8.90. The van der Waals surface area contributed by atoms with Gasteiger partial charge >= 0.3 is 5.97 Å². The SMILES string of the molecule is CC(NS(=O)(=O)c1csc(C(=O)O)c1)C1CCCC1. The Labute approximate surface area is 116 Å². The molecule has 0 aromatic carbocycles. The maximum atomic E-state index is 12.1. The molecular weight excluding hydrogens is 286 g/mol. The molecule has 0 amide bonds. The number of thiophene rings is 1. The normalized spacial score (nSPS) is 18.6.